The molecule has 0 saturated carbocycles. The smallest absolute Gasteiger partial charge is 0.122 e. The second-order valence-electron chi connectivity index (χ2n) is 3.06. The molecule has 0 spiro atoms. The number of piperazine rings is 1. The van der Waals surface area contributed by atoms with Crippen LogP contribution < -0.4 is 0 Å². The van der Waals surface area contributed by atoms with Crippen LogP contribution in [0.5, 0.6) is 0 Å². The molecule has 0 aliphatic carbocycles. The lowest BCUT2D eigenvalue weighted by Crippen LogP contribution is -2.51. The second kappa shape index (κ2) is 4.04. The Kier molecular flexibility index (Phi) is 3.30. The molecule has 3 heteroatoms. The van der Waals surface area contributed by atoms with E-state index < -0.39 is 0 Å². The highest BCUT2D eigenvalue weighted by molar-refractivity contribution is 4.72. The van der Waals surface area contributed by atoms with Crippen molar-refractivity contribution in [3.8, 4) is 0 Å². The zero-order valence-electron chi connectivity index (χ0n) is 7.71. The van der Waals surface area contributed by atoms with Crippen LogP contribution in [-0.4, -0.2) is 56.4 Å². The zero-order chi connectivity index (χ0) is 8.27. The van der Waals surface area contributed by atoms with Crippen LogP contribution in [0.2, 0.25) is 0 Å². The van der Waals surface area contributed by atoms with Crippen molar-refractivity contribution in [2.45, 2.75) is 13.2 Å². The van der Waals surface area contributed by atoms with Gasteiger partial charge in [-0.2, -0.15) is 0 Å². The number of ether oxygens (including phenoxy) is 1. The number of likely N-dealkylation sites (N-methyl/N-ethyl adjacent to an activating group) is 2. The Morgan fingerprint density at radius 3 is 2.73 bits per heavy atom. The SMILES string of the molecule is CCN1CCN(C)C(OC)C1. The highest BCUT2D eigenvalue weighted by atomic mass is 16.5. The largest absolute Gasteiger partial charge is 0.365 e. The molecule has 1 saturated heterocycles. The van der Waals surface area contributed by atoms with Gasteiger partial charge in [0.05, 0.1) is 0 Å². The lowest BCUT2D eigenvalue weighted by Gasteiger charge is -2.37. The summed E-state index contributed by atoms with van der Waals surface area (Å²) in [5.74, 6) is 0. The van der Waals surface area contributed by atoms with E-state index in [0.29, 0.717) is 6.23 Å². The minimum Gasteiger partial charge on any atom is -0.365 e. The van der Waals surface area contributed by atoms with E-state index in [1.54, 1.807) is 7.11 Å². The first-order valence-corrected chi connectivity index (χ1v) is 4.23. The van der Waals surface area contributed by atoms with E-state index in [4.69, 9.17) is 4.74 Å². The summed E-state index contributed by atoms with van der Waals surface area (Å²) in [5.41, 5.74) is 0. The van der Waals surface area contributed by atoms with Gasteiger partial charge >= 0.3 is 0 Å². The van der Waals surface area contributed by atoms with Gasteiger partial charge in [-0.3, -0.25) is 9.80 Å². The minimum atomic E-state index is 0.295. The van der Waals surface area contributed by atoms with Crippen molar-refractivity contribution < 1.29 is 4.74 Å². The molecule has 0 N–H and O–H groups in total. The average Bonchev–Trinajstić information content (AvgIpc) is 2.05. The van der Waals surface area contributed by atoms with E-state index in [1.165, 1.54) is 6.54 Å². The lowest BCUT2D eigenvalue weighted by molar-refractivity contribution is -0.0669. The molecule has 11 heavy (non-hydrogen) atoms. The molecule has 3 nitrogen and oxygen atoms in total. The summed E-state index contributed by atoms with van der Waals surface area (Å²) in [6.45, 7) is 6.66. The summed E-state index contributed by atoms with van der Waals surface area (Å²) in [5, 5.41) is 0. The van der Waals surface area contributed by atoms with Crippen LogP contribution in [0, 0.1) is 0 Å². The third-order valence-corrected chi connectivity index (χ3v) is 2.39. The molecular weight excluding hydrogens is 140 g/mol. The monoisotopic (exact) mass is 158 g/mol. The summed E-state index contributed by atoms with van der Waals surface area (Å²) in [6.07, 6.45) is 0.295. The van der Waals surface area contributed by atoms with Crippen LogP contribution in [0.15, 0.2) is 0 Å². The normalized spacial score (nSPS) is 29.2. The molecule has 1 heterocycles. The summed E-state index contributed by atoms with van der Waals surface area (Å²) in [7, 11) is 3.89. The maximum Gasteiger partial charge on any atom is 0.122 e. The molecule has 0 aromatic rings. The molecule has 1 unspecified atom stereocenters. The van der Waals surface area contributed by atoms with Crippen molar-refractivity contribution in [1.82, 2.24) is 9.80 Å². The van der Waals surface area contributed by atoms with Crippen LogP contribution in [-0.2, 0) is 4.74 Å². The molecule has 0 aromatic carbocycles. The van der Waals surface area contributed by atoms with Gasteiger partial charge in [0.15, 0.2) is 0 Å². The summed E-state index contributed by atoms with van der Waals surface area (Å²) in [4.78, 5) is 4.67. The topological polar surface area (TPSA) is 15.7 Å². The Hall–Kier alpha value is -0.120. The molecule has 1 aliphatic heterocycles. The molecule has 0 bridgehead atoms. The van der Waals surface area contributed by atoms with E-state index in [9.17, 15) is 0 Å². The summed E-state index contributed by atoms with van der Waals surface area (Å²) in [6, 6.07) is 0. The second-order valence-corrected chi connectivity index (χ2v) is 3.06. The number of hydrogen-bond acceptors (Lipinski definition) is 3. The van der Waals surface area contributed by atoms with Gasteiger partial charge in [0.2, 0.25) is 0 Å². The summed E-state index contributed by atoms with van der Waals surface area (Å²) < 4.78 is 5.32. The fourth-order valence-corrected chi connectivity index (χ4v) is 1.44. The molecule has 1 rings (SSSR count). The number of rotatable bonds is 2. The Morgan fingerprint density at radius 2 is 2.18 bits per heavy atom. The number of methoxy groups -OCH3 is 1. The first-order chi connectivity index (χ1) is 5.27. The van der Waals surface area contributed by atoms with E-state index >= 15 is 0 Å². The number of nitrogens with zero attached hydrogens (tertiary/aromatic N) is 2. The maximum absolute atomic E-state index is 5.32. The first-order valence-electron chi connectivity index (χ1n) is 4.23. The zero-order valence-corrected chi connectivity index (χ0v) is 7.71. The van der Waals surface area contributed by atoms with Crippen LogP contribution in [0.3, 0.4) is 0 Å². The van der Waals surface area contributed by atoms with Crippen LogP contribution in [0.1, 0.15) is 6.92 Å². The Bertz CT molecular complexity index is 119. The molecule has 0 amide bonds. The highest BCUT2D eigenvalue weighted by Gasteiger charge is 2.22. The lowest BCUT2D eigenvalue weighted by atomic mass is 10.3. The quantitative estimate of drug-likeness (QED) is 0.572. The van der Waals surface area contributed by atoms with Crippen LogP contribution in [0.25, 0.3) is 0 Å². The Morgan fingerprint density at radius 1 is 1.45 bits per heavy atom. The van der Waals surface area contributed by atoms with Gasteiger partial charge < -0.3 is 4.74 Å². The molecule has 1 fully saturated rings. The molecule has 0 radical (unpaired) electrons. The van der Waals surface area contributed by atoms with Gasteiger partial charge in [0.25, 0.3) is 0 Å². The van der Waals surface area contributed by atoms with Gasteiger partial charge in [-0.15, -0.1) is 0 Å². The third kappa shape index (κ3) is 2.15. The van der Waals surface area contributed by atoms with Crippen molar-refractivity contribution in [2.24, 2.45) is 0 Å². The van der Waals surface area contributed by atoms with E-state index in [2.05, 4.69) is 23.8 Å². The maximum atomic E-state index is 5.32. The van der Waals surface area contributed by atoms with Crippen LogP contribution in [0.4, 0.5) is 0 Å². The van der Waals surface area contributed by atoms with Gasteiger partial charge in [0.1, 0.15) is 6.23 Å². The first kappa shape index (κ1) is 8.97. The third-order valence-electron chi connectivity index (χ3n) is 2.39. The fourth-order valence-electron chi connectivity index (χ4n) is 1.44. The number of hydrogen-bond donors (Lipinski definition) is 0. The van der Waals surface area contributed by atoms with Crippen molar-refractivity contribution in [3.63, 3.8) is 0 Å². The summed E-state index contributed by atoms with van der Waals surface area (Å²) >= 11 is 0. The van der Waals surface area contributed by atoms with E-state index in [1.807, 2.05) is 0 Å². The van der Waals surface area contributed by atoms with Crippen molar-refractivity contribution in [3.05, 3.63) is 0 Å². The van der Waals surface area contributed by atoms with Crippen molar-refractivity contribution >= 4 is 0 Å². The van der Waals surface area contributed by atoms with E-state index in [0.717, 1.165) is 19.6 Å². The van der Waals surface area contributed by atoms with Gasteiger partial charge in [0, 0.05) is 26.7 Å². The molecule has 66 valence electrons. The predicted octanol–water partition coefficient (Wildman–Crippen LogP) is 0.226. The standard InChI is InChI=1S/C8H18N2O/c1-4-10-6-5-9(2)8(7-10)11-3/h8H,4-7H2,1-3H3. The van der Waals surface area contributed by atoms with Gasteiger partial charge in [-0.05, 0) is 13.6 Å². The predicted molar refractivity (Wildman–Crippen MR) is 45.5 cm³/mol. The average molecular weight is 158 g/mol. The molecular formula is C8H18N2O. The highest BCUT2D eigenvalue weighted by Crippen LogP contribution is 2.06. The molecule has 1 aliphatic rings. The van der Waals surface area contributed by atoms with Crippen molar-refractivity contribution in [2.75, 3.05) is 40.3 Å². The van der Waals surface area contributed by atoms with E-state index in [-0.39, 0.29) is 0 Å². The molecule has 0 aromatic heterocycles. The Labute approximate surface area is 68.9 Å². The van der Waals surface area contributed by atoms with Crippen LogP contribution >= 0.6 is 0 Å². The Balaban J connectivity index is 2.37. The van der Waals surface area contributed by atoms with Gasteiger partial charge in [-0.25, -0.2) is 0 Å². The molecule has 1 atom stereocenters. The van der Waals surface area contributed by atoms with Crippen molar-refractivity contribution in [1.29, 1.82) is 0 Å². The fraction of sp³-hybridized carbons (Fsp3) is 1.00. The minimum absolute atomic E-state index is 0.295. The van der Waals surface area contributed by atoms with Gasteiger partial charge in [-0.1, -0.05) is 6.92 Å².